The van der Waals surface area contributed by atoms with Gasteiger partial charge in [-0.25, -0.2) is 0 Å². The van der Waals surface area contributed by atoms with E-state index in [2.05, 4.69) is 10.2 Å². The van der Waals surface area contributed by atoms with Gasteiger partial charge in [0, 0.05) is 36.7 Å². The number of carbonyl (C=O) groups is 2. The Bertz CT molecular complexity index is 841. The Morgan fingerprint density at radius 2 is 2.08 bits per heavy atom. The van der Waals surface area contributed by atoms with Crippen molar-refractivity contribution in [1.82, 2.24) is 15.1 Å². The molecule has 7 nitrogen and oxygen atoms in total. The van der Waals surface area contributed by atoms with Crippen molar-refractivity contribution in [2.75, 3.05) is 19.7 Å². The van der Waals surface area contributed by atoms with Gasteiger partial charge in [-0.15, -0.1) is 0 Å². The smallest absolute Gasteiger partial charge is 0.255 e. The lowest BCUT2D eigenvalue weighted by atomic mass is 10.1. The van der Waals surface area contributed by atoms with Gasteiger partial charge in [-0.2, -0.15) is 5.10 Å². The van der Waals surface area contributed by atoms with E-state index < -0.39 is 5.91 Å². The third-order valence-electron chi connectivity index (χ3n) is 4.96. The summed E-state index contributed by atoms with van der Waals surface area (Å²) in [7, 11) is 0. The van der Waals surface area contributed by atoms with Crippen LogP contribution in [-0.4, -0.2) is 46.6 Å². The molecule has 1 aliphatic heterocycles. The molecule has 26 heavy (non-hydrogen) atoms. The first-order chi connectivity index (χ1) is 12.6. The molecule has 1 aromatic heterocycles. The van der Waals surface area contributed by atoms with Gasteiger partial charge in [-0.3, -0.25) is 14.7 Å². The molecule has 4 rings (SSSR count). The molecular formula is C19H22N4O3. The van der Waals surface area contributed by atoms with Gasteiger partial charge in [0.2, 0.25) is 0 Å². The Balaban J connectivity index is 1.45. The fourth-order valence-corrected chi connectivity index (χ4v) is 3.46. The number of H-pyrrole nitrogens is 1. The maximum Gasteiger partial charge on any atom is 0.255 e. The van der Waals surface area contributed by atoms with E-state index >= 15 is 0 Å². The highest BCUT2D eigenvalue weighted by molar-refractivity contribution is 5.94. The Hall–Kier alpha value is -2.83. The quantitative estimate of drug-likeness (QED) is 0.847. The summed E-state index contributed by atoms with van der Waals surface area (Å²) in [6, 6.07) is 6.88. The van der Waals surface area contributed by atoms with Crippen LogP contribution in [0.1, 0.15) is 46.1 Å². The fraction of sp³-hybridized carbons (Fsp3) is 0.421. The molecule has 1 aromatic carbocycles. The van der Waals surface area contributed by atoms with E-state index in [4.69, 9.17) is 10.5 Å². The van der Waals surface area contributed by atoms with Gasteiger partial charge in [0.1, 0.15) is 5.75 Å². The molecular weight excluding hydrogens is 332 g/mol. The van der Waals surface area contributed by atoms with E-state index in [0.29, 0.717) is 30.3 Å². The summed E-state index contributed by atoms with van der Waals surface area (Å²) >= 11 is 0. The van der Waals surface area contributed by atoms with Gasteiger partial charge in [0.15, 0.2) is 6.61 Å². The lowest BCUT2D eigenvalue weighted by molar-refractivity contribution is -0.119. The molecule has 2 heterocycles. The van der Waals surface area contributed by atoms with Crippen molar-refractivity contribution >= 4 is 11.8 Å². The number of rotatable bonds is 5. The number of carbonyl (C=O) groups excluding carboxylic acids is 2. The molecule has 0 atom stereocenters. The molecule has 1 saturated carbocycles. The summed E-state index contributed by atoms with van der Waals surface area (Å²) in [5, 5.41) is 7.66. The van der Waals surface area contributed by atoms with E-state index in [1.54, 1.807) is 24.3 Å². The number of hydrogen-bond donors (Lipinski definition) is 2. The molecule has 0 radical (unpaired) electrons. The Labute approximate surface area is 151 Å². The van der Waals surface area contributed by atoms with Crippen molar-refractivity contribution in [2.24, 2.45) is 5.73 Å². The molecule has 2 amide bonds. The summed E-state index contributed by atoms with van der Waals surface area (Å²) in [6.07, 6.45) is 4.07. The number of hydrogen-bond acceptors (Lipinski definition) is 4. The van der Waals surface area contributed by atoms with Crippen LogP contribution < -0.4 is 10.5 Å². The first-order valence-electron chi connectivity index (χ1n) is 8.98. The van der Waals surface area contributed by atoms with Crippen molar-refractivity contribution in [3.05, 3.63) is 46.8 Å². The zero-order valence-corrected chi connectivity index (χ0v) is 14.5. The average molecular weight is 354 g/mol. The minimum absolute atomic E-state index is 0.0272. The molecule has 1 fully saturated rings. The first-order valence-corrected chi connectivity index (χ1v) is 8.98. The fourth-order valence-electron chi connectivity index (χ4n) is 3.46. The normalized spacial score (nSPS) is 16.7. The van der Waals surface area contributed by atoms with Gasteiger partial charge in [-0.05, 0) is 43.0 Å². The van der Waals surface area contributed by atoms with Crippen LogP contribution in [0.25, 0.3) is 0 Å². The molecule has 3 N–H and O–H groups in total. The van der Waals surface area contributed by atoms with Gasteiger partial charge in [-0.1, -0.05) is 6.07 Å². The van der Waals surface area contributed by atoms with E-state index in [0.717, 1.165) is 12.8 Å². The topological polar surface area (TPSA) is 101 Å². The third kappa shape index (κ3) is 3.42. The van der Waals surface area contributed by atoms with Crippen LogP contribution >= 0.6 is 0 Å². The number of nitrogens with two attached hydrogens (primary N) is 1. The Morgan fingerprint density at radius 1 is 1.27 bits per heavy atom. The maximum atomic E-state index is 12.9. The van der Waals surface area contributed by atoms with Gasteiger partial charge in [0.05, 0.1) is 5.69 Å². The number of ether oxygens (including phenoxy) is 1. The molecule has 0 saturated heterocycles. The molecule has 0 spiro atoms. The molecule has 1 aliphatic carbocycles. The third-order valence-corrected chi connectivity index (χ3v) is 4.96. The SMILES string of the molecule is NC(=O)COc1cccc(C(=O)N2CCc3[nH]nc(C4CC4)c3CC2)c1. The predicted molar refractivity (Wildman–Crippen MR) is 95.0 cm³/mol. The number of aromatic amines is 1. The molecule has 136 valence electrons. The highest BCUT2D eigenvalue weighted by Crippen LogP contribution is 2.41. The maximum absolute atomic E-state index is 12.9. The molecule has 0 unspecified atom stereocenters. The van der Waals surface area contributed by atoms with Crippen LogP contribution in [0.15, 0.2) is 24.3 Å². The lowest BCUT2D eigenvalue weighted by Gasteiger charge is -2.20. The minimum atomic E-state index is -0.546. The predicted octanol–water partition coefficient (Wildman–Crippen LogP) is 1.39. The Morgan fingerprint density at radius 3 is 2.85 bits per heavy atom. The molecule has 2 aliphatic rings. The van der Waals surface area contributed by atoms with Crippen molar-refractivity contribution in [1.29, 1.82) is 0 Å². The zero-order chi connectivity index (χ0) is 18.1. The number of fused-ring (bicyclic) bond motifs is 1. The highest BCUT2D eigenvalue weighted by Gasteiger charge is 2.31. The van der Waals surface area contributed by atoms with Gasteiger partial charge >= 0.3 is 0 Å². The van der Waals surface area contributed by atoms with Crippen LogP contribution in [-0.2, 0) is 17.6 Å². The van der Waals surface area contributed by atoms with E-state index in [9.17, 15) is 9.59 Å². The van der Waals surface area contributed by atoms with E-state index in [1.807, 2.05) is 4.90 Å². The molecule has 7 heteroatoms. The second-order valence-electron chi connectivity index (χ2n) is 6.92. The summed E-state index contributed by atoms with van der Waals surface area (Å²) in [6.45, 7) is 1.13. The van der Waals surface area contributed by atoms with Gasteiger partial charge in [0.25, 0.3) is 11.8 Å². The Kier molecular flexibility index (Phi) is 4.36. The molecule has 0 bridgehead atoms. The largest absolute Gasteiger partial charge is 0.484 e. The minimum Gasteiger partial charge on any atom is -0.484 e. The summed E-state index contributed by atoms with van der Waals surface area (Å²) < 4.78 is 5.30. The number of benzene rings is 1. The van der Waals surface area contributed by atoms with Crippen LogP contribution in [0.5, 0.6) is 5.75 Å². The summed E-state index contributed by atoms with van der Waals surface area (Å²) in [5.74, 6) is 0.502. The standard InChI is InChI=1S/C19H22N4O3/c20-17(24)11-26-14-3-1-2-13(10-14)19(25)23-8-6-15-16(7-9-23)21-22-18(15)12-4-5-12/h1-3,10,12H,4-9,11H2,(H2,20,24)(H,21,22). The van der Waals surface area contributed by atoms with E-state index in [1.165, 1.54) is 29.8 Å². The van der Waals surface area contributed by atoms with Crippen LogP contribution in [0.4, 0.5) is 0 Å². The van der Waals surface area contributed by atoms with Crippen molar-refractivity contribution in [3.8, 4) is 5.75 Å². The van der Waals surface area contributed by atoms with Crippen LogP contribution in [0.3, 0.4) is 0 Å². The highest BCUT2D eigenvalue weighted by atomic mass is 16.5. The monoisotopic (exact) mass is 354 g/mol. The van der Waals surface area contributed by atoms with Crippen molar-refractivity contribution in [2.45, 2.75) is 31.6 Å². The zero-order valence-electron chi connectivity index (χ0n) is 14.5. The van der Waals surface area contributed by atoms with E-state index in [-0.39, 0.29) is 12.5 Å². The number of primary amides is 1. The number of amides is 2. The van der Waals surface area contributed by atoms with Crippen molar-refractivity contribution in [3.63, 3.8) is 0 Å². The summed E-state index contributed by atoms with van der Waals surface area (Å²) in [4.78, 5) is 25.6. The van der Waals surface area contributed by atoms with Crippen LogP contribution in [0, 0.1) is 0 Å². The number of nitrogens with one attached hydrogen (secondary N) is 1. The number of nitrogens with zero attached hydrogens (tertiary/aromatic N) is 2. The first kappa shape index (κ1) is 16.6. The average Bonchev–Trinajstić information content (AvgIpc) is 3.44. The summed E-state index contributed by atoms with van der Waals surface area (Å²) in [5.41, 5.74) is 9.33. The van der Waals surface area contributed by atoms with Crippen molar-refractivity contribution < 1.29 is 14.3 Å². The second-order valence-corrected chi connectivity index (χ2v) is 6.92. The lowest BCUT2D eigenvalue weighted by Crippen LogP contribution is -2.33. The second kappa shape index (κ2) is 6.82. The van der Waals surface area contributed by atoms with Gasteiger partial charge < -0.3 is 15.4 Å². The molecule has 2 aromatic rings. The number of aromatic nitrogens is 2. The van der Waals surface area contributed by atoms with Crippen LogP contribution in [0.2, 0.25) is 0 Å².